The van der Waals surface area contributed by atoms with E-state index in [1.807, 2.05) is 20.8 Å². The van der Waals surface area contributed by atoms with Crippen LogP contribution in [0.5, 0.6) is 0 Å². The Bertz CT molecular complexity index is 114. The van der Waals surface area contributed by atoms with Gasteiger partial charge < -0.3 is 4.74 Å². The summed E-state index contributed by atoms with van der Waals surface area (Å²) in [6.07, 6.45) is 0.207. The van der Waals surface area contributed by atoms with Crippen molar-refractivity contribution < 1.29 is 19.6 Å². The van der Waals surface area contributed by atoms with Gasteiger partial charge in [0.15, 0.2) is 0 Å². The van der Waals surface area contributed by atoms with Crippen LogP contribution in [-0.2, 0) is 19.6 Å². The quantitative estimate of drug-likeness (QED) is 0.268. The monoisotopic (exact) mass is 162 g/mol. The van der Waals surface area contributed by atoms with Crippen LogP contribution in [-0.4, -0.2) is 24.9 Å². The molecule has 0 aliphatic carbocycles. The van der Waals surface area contributed by atoms with Crippen LogP contribution in [0.25, 0.3) is 0 Å². The fourth-order valence-electron chi connectivity index (χ4n) is 0.394. The normalized spacial score (nSPS) is 23.7. The first-order valence-electron chi connectivity index (χ1n) is 3.67. The molecular weight excluding hydrogens is 148 g/mol. The molecule has 1 aliphatic heterocycles. The second-order valence-electron chi connectivity index (χ2n) is 3.50. The van der Waals surface area contributed by atoms with E-state index in [1.165, 1.54) is 0 Å². The van der Waals surface area contributed by atoms with Gasteiger partial charge in [-0.05, 0) is 20.8 Å². The second-order valence-corrected chi connectivity index (χ2v) is 3.50. The zero-order chi connectivity index (χ0) is 8.32. The smallest absolute Gasteiger partial charge is 0.114 e. The van der Waals surface area contributed by atoms with Gasteiger partial charge in [-0.15, -0.1) is 0 Å². The predicted octanol–water partition coefficient (Wildman–Crippen LogP) is 1.06. The third-order valence-electron chi connectivity index (χ3n) is 0.988. The van der Waals surface area contributed by atoms with Gasteiger partial charge >= 0.3 is 0 Å². The largest absolute Gasteiger partial charge is 0.370 e. The number of hydrogen-bond acceptors (Lipinski definition) is 4. The van der Waals surface area contributed by atoms with Crippen molar-refractivity contribution in [1.82, 2.24) is 0 Å². The summed E-state index contributed by atoms with van der Waals surface area (Å²) in [6.45, 7) is 6.84. The zero-order valence-electron chi connectivity index (χ0n) is 7.12. The third kappa shape index (κ3) is 5.15. The summed E-state index contributed by atoms with van der Waals surface area (Å²) in [7, 11) is 0. The van der Waals surface area contributed by atoms with E-state index in [0.29, 0.717) is 6.61 Å². The molecule has 4 heteroatoms. The van der Waals surface area contributed by atoms with Crippen LogP contribution in [0, 0.1) is 0 Å². The first-order chi connectivity index (χ1) is 5.08. The highest BCUT2D eigenvalue weighted by atomic mass is 17.5. The minimum absolute atomic E-state index is 0.207. The van der Waals surface area contributed by atoms with Crippen molar-refractivity contribution in [3.05, 3.63) is 0 Å². The van der Waals surface area contributed by atoms with Gasteiger partial charge in [0.05, 0.1) is 12.2 Å². The van der Waals surface area contributed by atoms with Crippen LogP contribution in [0.4, 0.5) is 0 Å². The number of epoxide rings is 1. The van der Waals surface area contributed by atoms with Crippen molar-refractivity contribution in [3.8, 4) is 0 Å². The van der Waals surface area contributed by atoms with E-state index in [9.17, 15) is 0 Å². The first-order valence-corrected chi connectivity index (χ1v) is 3.67. The van der Waals surface area contributed by atoms with Gasteiger partial charge in [0, 0.05) is 0 Å². The Morgan fingerprint density at radius 3 is 2.55 bits per heavy atom. The molecule has 4 nitrogen and oxygen atoms in total. The Balaban J connectivity index is 1.87. The standard InChI is InChI=1S/C7H14O4/c1-7(2,3)10-11-9-5-6-4-8-6/h6H,4-5H2,1-3H3. The molecule has 0 aromatic carbocycles. The summed E-state index contributed by atoms with van der Waals surface area (Å²) in [5.74, 6) is 0. The predicted molar refractivity (Wildman–Crippen MR) is 37.6 cm³/mol. The minimum Gasteiger partial charge on any atom is -0.370 e. The highest BCUT2D eigenvalue weighted by Gasteiger charge is 2.23. The van der Waals surface area contributed by atoms with Gasteiger partial charge in [-0.1, -0.05) is 5.04 Å². The van der Waals surface area contributed by atoms with Crippen molar-refractivity contribution in [2.24, 2.45) is 0 Å². The van der Waals surface area contributed by atoms with E-state index in [0.717, 1.165) is 6.61 Å². The Hall–Kier alpha value is -0.160. The van der Waals surface area contributed by atoms with Crippen molar-refractivity contribution in [1.29, 1.82) is 0 Å². The molecule has 0 spiro atoms. The minimum atomic E-state index is -0.329. The molecule has 0 aromatic heterocycles. The molecule has 0 aromatic rings. The molecular formula is C7H14O4. The molecule has 0 radical (unpaired) electrons. The molecule has 11 heavy (non-hydrogen) atoms. The lowest BCUT2D eigenvalue weighted by atomic mass is 10.2. The highest BCUT2D eigenvalue weighted by Crippen LogP contribution is 2.11. The lowest BCUT2D eigenvalue weighted by Gasteiger charge is -2.15. The summed E-state index contributed by atoms with van der Waals surface area (Å²) in [4.78, 5) is 9.52. The molecule has 1 aliphatic rings. The number of rotatable bonds is 4. The number of hydrogen-bond donors (Lipinski definition) is 0. The van der Waals surface area contributed by atoms with Gasteiger partial charge in [0.2, 0.25) is 0 Å². The Morgan fingerprint density at radius 1 is 1.45 bits per heavy atom. The van der Waals surface area contributed by atoms with Crippen molar-refractivity contribution >= 4 is 0 Å². The summed E-state index contributed by atoms with van der Waals surface area (Å²) >= 11 is 0. The molecule has 1 atom stereocenters. The fourth-order valence-corrected chi connectivity index (χ4v) is 0.394. The van der Waals surface area contributed by atoms with Crippen LogP contribution in [0.2, 0.25) is 0 Å². The average Bonchev–Trinajstić information content (AvgIpc) is 2.60. The summed E-state index contributed by atoms with van der Waals surface area (Å²) in [6, 6.07) is 0. The zero-order valence-corrected chi connectivity index (χ0v) is 7.12. The summed E-state index contributed by atoms with van der Waals surface area (Å²) < 4.78 is 4.88. The maximum absolute atomic E-state index is 4.88. The van der Waals surface area contributed by atoms with Crippen molar-refractivity contribution in [3.63, 3.8) is 0 Å². The van der Waals surface area contributed by atoms with Crippen LogP contribution >= 0.6 is 0 Å². The molecule has 1 heterocycles. The summed E-state index contributed by atoms with van der Waals surface area (Å²) in [5, 5.41) is 4.47. The van der Waals surface area contributed by atoms with E-state index < -0.39 is 0 Å². The van der Waals surface area contributed by atoms with Gasteiger partial charge in [0.1, 0.15) is 12.7 Å². The third-order valence-corrected chi connectivity index (χ3v) is 0.988. The second kappa shape index (κ2) is 3.49. The Kier molecular flexibility index (Phi) is 2.84. The maximum Gasteiger partial charge on any atom is 0.114 e. The lowest BCUT2D eigenvalue weighted by Crippen LogP contribution is -2.20. The Morgan fingerprint density at radius 2 is 2.09 bits per heavy atom. The molecule has 1 fully saturated rings. The van der Waals surface area contributed by atoms with Crippen molar-refractivity contribution in [2.45, 2.75) is 32.5 Å². The van der Waals surface area contributed by atoms with E-state index in [-0.39, 0.29) is 11.7 Å². The van der Waals surface area contributed by atoms with E-state index >= 15 is 0 Å². The molecule has 0 saturated carbocycles. The molecule has 66 valence electrons. The van der Waals surface area contributed by atoms with Gasteiger partial charge in [-0.25, -0.2) is 9.78 Å². The van der Waals surface area contributed by atoms with Crippen molar-refractivity contribution in [2.75, 3.05) is 13.2 Å². The van der Waals surface area contributed by atoms with Crippen LogP contribution in [0.1, 0.15) is 20.8 Å². The lowest BCUT2D eigenvalue weighted by molar-refractivity contribution is -0.538. The SMILES string of the molecule is CC(C)(C)OOOCC1CO1. The summed E-state index contributed by atoms with van der Waals surface area (Å²) in [5.41, 5.74) is -0.329. The molecule has 1 unspecified atom stereocenters. The molecule has 0 bridgehead atoms. The molecule has 0 amide bonds. The van der Waals surface area contributed by atoms with Gasteiger partial charge in [0.25, 0.3) is 0 Å². The maximum atomic E-state index is 4.88. The molecule has 0 N–H and O–H groups in total. The Labute approximate surface area is 66.2 Å². The molecule has 1 saturated heterocycles. The fraction of sp³-hybridized carbons (Fsp3) is 1.00. The topological polar surface area (TPSA) is 40.2 Å². The van der Waals surface area contributed by atoms with Gasteiger partial charge in [-0.3, -0.25) is 0 Å². The highest BCUT2D eigenvalue weighted by molar-refractivity contribution is 4.65. The van der Waals surface area contributed by atoms with Crippen LogP contribution < -0.4 is 0 Å². The van der Waals surface area contributed by atoms with E-state index in [1.54, 1.807) is 0 Å². The first kappa shape index (κ1) is 8.93. The average molecular weight is 162 g/mol. The molecule has 1 rings (SSSR count). The van der Waals surface area contributed by atoms with Gasteiger partial charge in [-0.2, -0.15) is 0 Å². The van der Waals surface area contributed by atoms with Crippen LogP contribution in [0.15, 0.2) is 0 Å². The van der Waals surface area contributed by atoms with E-state index in [4.69, 9.17) is 9.62 Å². The number of ether oxygens (including phenoxy) is 1. The van der Waals surface area contributed by atoms with Crippen LogP contribution in [0.3, 0.4) is 0 Å². The van der Waals surface area contributed by atoms with E-state index in [2.05, 4.69) is 9.93 Å².